The SMILES string of the molecule is O=C(Cc1cccc(Cl)c1)N1C[C@H]2CC[C@@H]1CN(Cc1ccccn1)C2. The van der Waals surface area contributed by atoms with Crippen molar-refractivity contribution in [3.63, 3.8) is 0 Å². The van der Waals surface area contributed by atoms with Gasteiger partial charge in [0.2, 0.25) is 5.91 Å². The molecule has 0 saturated carbocycles. The van der Waals surface area contributed by atoms with Crippen molar-refractivity contribution in [1.82, 2.24) is 14.8 Å². The van der Waals surface area contributed by atoms with Gasteiger partial charge in [0.1, 0.15) is 0 Å². The van der Waals surface area contributed by atoms with Crippen molar-refractivity contribution in [2.24, 2.45) is 5.92 Å². The van der Waals surface area contributed by atoms with Crippen LogP contribution in [0.15, 0.2) is 48.7 Å². The maximum Gasteiger partial charge on any atom is 0.227 e. The summed E-state index contributed by atoms with van der Waals surface area (Å²) in [6, 6.07) is 14.0. The van der Waals surface area contributed by atoms with E-state index in [1.165, 1.54) is 6.42 Å². The lowest BCUT2D eigenvalue weighted by Gasteiger charge is -2.36. The second-order valence-corrected chi connectivity index (χ2v) is 7.90. The molecule has 3 aliphatic rings. The second kappa shape index (κ2) is 7.77. The molecule has 3 aliphatic heterocycles. The lowest BCUT2D eigenvalue weighted by molar-refractivity contribution is -0.134. The van der Waals surface area contributed by atoms with Crippen LogP contribution < -0.4 is 0 Å². The lowest BCUT2D eigenvalue weighted by atomic mass is 9.94. The van der Waals surface area contributed by atoms with E-state index in [9.17, 15) is 4.79 Å². The minimum Gasteiger partial charge on any atom is -0.338 e. The van der Waals surface area contributed by atoms with Gasteiger partial charge in [0, 0.05) is 43.4 Å². The number of amides is 1. The molecule has 2 bridgehead atoms. The average molecular weight is 370 g/mol. The van der Waals surface area contributed by atoms with E-state index in [2.05, 4.69) is 20.9 Å². The van der Waals surface area contributed by atoms with Gasteiger partial charge in [-0.25, -0.2) is 0 Å². The molecule has 4 nitrogen and oxygen atoms in total. The summed E-state index contributed by atoms with van der Waals surface area (Å²) in [5.41, 5.74) is 2.10. The summed E-state index contributed by atoms with van der Waals surface area (Å²) in [5.74, 6) is 0.780. The summed E-state index contributed by atoms with van der Waals surface area (Å²) >= 11 is 6.06. The quantitative estimate of drug-likeness (QED) is 0.828. The topological polar surface area (TPSA) is 36.4 Å². The Hall–Kier alpha value is -1.91. The van der Waals surface area contributed by atoms with Gasteiger partial charge in [0.15, 0.2) is 0 Å². The zero-order valence-corrected chi connectivity index (χ0v) is 15.6. The van der Waals surface area contributed by atoms with Crippen molar-refractivity contribution in [2.75, 3.05) is 19.6 Å². The zero-order chi connectivity index (χ0) is 17.9. The summed E-state index contributed by atoms with van der Waals surface area (Å²) in [5, 5.41) is 0.689. The molecule has 3 saturated heterocycles. The number of carbonyl (C=O) groups excluding carboxylic acids is 1. The van der Waals surface area contributed by atoms with Crippen LogP contribution in [0.5, 0.6) is 0 Å². The first-order chi connectivity index (χ1) is 12.7. The third-order valence-electron chi connectivity index (χ3n) is 5.47. The molecule has 0 aliphatic carbocycles. The summed E-state index contributed by atoms with van der Waals surface area (Å²) < 4.78 is 0. The molecule has 1 aromatic carbocycles. The Morgan fingerprint density at radius 1 is 1.12 bits per heavy atom. The monoisotopic (exact) mass is 369 g/mol. The number of fused-ring (bicyclic) bond motifs is 4. The lowest BCUT2D eigenvalue weighted by Crippen LogP contribution is -2.48. The molecular weight excluding hydrogens is 346 g/mol. The predicted molar refractivity (Wildman–Crippen MR) is 103 cm³/mol. The van der Waals surface area contributed by atoms with Crippen molar-refractivity contribution in [3.8, 4) is 0 Å². The molecule has 26 heavy (non-hydrogen) atoms. The zero-order valence-electron chi connectivity index (χ0n) is 14.9. The van der Waals surface area contributed by atoms with Gasteiger partial charge in [0.05, 0.1) is 12.1 Å². The van der Waals surface area contributed by atoms with E-state index >= 15 is 0 Å². The van der Waals surface area contributed by atoms with Gasteiger partial charge in [-0.15, -0.1) is 0 Å². The fraction of sp³-hybridized carbons (Fsp3) is 0.429. The van der Waals surface area contributed by atoms with Crippen LogP contribution in [0.4, 0.5) is 0 Å². The van der Waals surface area contributed by atoms with Crippen LogP contribution in [0.25, 0.3) is 0 Å². The molecule has 2 atom stereocenters. The smallest absolute Gasteiger partial charge is 0.227 e. The molecule has 0 radical (unpaired) electrons. The summed E-state index contributed by atoms with van der Waals surface area (Å²) in [6.07, 6.45) is 4.60. The fourth-order valence-electron chi connectivity index (χ4n) is 4.26. The average Bonchev–Trinajstić information content (AvgIpc) is 2.93. The molecule has 1 aromatic heterocycles. The Bertz CT molecular complexity index is 767. The Morgan fingerprint density at radius 2 is 2.04 bits per heavy atom. The highest BCUT2D eigenvalue weighted by atomic mass is 35.5. The van der Waals surface area contributed by atoms with Crippen LogP contribution in [0.2, 0.25) is 5.02 Å². The summed E-state index contributed by atoms with van der Waals surface area (Å²) in [4.78, 5) is 22.0. The Labute approximate surface area is 159 Å². The van der Waals surface area contributed by atoms with E-state index in [4.69, 9.17) is 11.6 Å². The maximum atomic E-state index is 12.9. The normalized spacial score (nSPS) is 23.0. The molecule has 5 rings (SSSR count). The largest absolute Gasteiger partial charge is 0.338 e. The second-order valence-electron chi connectivity index (χ2n) is 7.47. The molecule has 136 valence electrons. The first-order valence-electron chi connectivity index (χ1n) is 9.33. The highest BCUT2D eigenvalue weighted by molar-refractivity contribution is 6.30. The van der Waals surface area contributed by atoms with Gasteiger partial charge < -0.3 is 4.90 Å². The molecule has 2 aromatic rings. The number of aromatic nitrogens is 1. The van der Waals surface area contributed by atoms with Crippen LogP contribution in [-0.4, -0.2) is 46.4 Å². The molecule has 0 unspecified atom stereocenters. The molecule has 5 heteroatoms. The summed E-state index contributed by atoms with van der Waals surface area (Å²) in [6.45, 7) is 3.73. The van der Waals surface area contributed by atoms with Crippen LogP contribution in [0, 0.1) is 5.92 Å². The van der Waals surface area contributed by atoms with E-state index in [1.54, 1.807) is 0 Å². The molecule has 1 amide bonds. The van der Waals surface area contributed by atoms with E-state index in [1.807, 2.05) is 42.6 Å². The molecule has 3 fully saturated rings. The van der Waals surface area contributed by atoms with E-state index < -0.39 is 0 Å². The highest BCUT2D eigenvalue weighted by Crippen LogP contribution is 2.29. The minimum atomic E-state index is 0.224. The van der Waals surface area contributed by atoms with Crippen LogP contribution in [0.3, 0.4) is 0 Å². The number of rotatable bonds is 4. The number of halogens is 1. The number of benzene rings is 1. The number of piperidine rings is 1. The van der Waals surface area contributed by atoms with Crippen molar-refractivity contribution >= 4 is 17.5 Å². The molecular formula is C21H24ClN3O. The number of hydrogen-bond acceptors (Lipinski definition) is 3. The number of carbonyl (C=O) groups is 1. The van der Waals surface area contributed by atoms with Gasteiger partial charge in [-0.2, -0.15) is 0 Å². The van der Waals surface area contributed by atoms with Crippen LogP contribution in [0.1, 0.15) is 24.1 Å². The van der Waals surface area contributed by atoms with E-state index in [-0.39, 0.29) is 5.91 Å². The first-order valence-corrected chi connectivity index (χ1v) is 9.71. The van der Waals surface area contributed by atoms with E-state index in [0.717, 1.165) is 43.9 Å². The Balaban J connectivity index is 1.43. The van der Waals surface area contributed by atoms with E-state index in [0.29, 0.717) is 23.4 Å². The molecule has 0 spiro atoms. The molecule has 4 heterocycles. The van der Waals surface area contributed by atoms with Crippen molar-refractivity contribution in [3.05, 3.63) is 64.9 Å². The third kappa shape index (κ3) is 4.08. The van der Waals surface area contributed by atoms with Gasteiger partial charge in [-0.3, -0.25) is 14.7 Å². The Kier molecular flexibility index (Phi) is 5.23. The van der Waals surface area contributed by atoms with Gasteiger partial charge in [0.25, 0.3) is 0 Å². The summed E-state index contributed by atoms with van der Waals surface area (Å²) in [7, 11) is 0. The van der Waals surface area contributed by atoms with Gasteiger partial charge in [-0.05, 0) is 48.6 Å². The van der Waals surface area contributed by atoms with Gasteiger partial charge in [-0.1, -0.05) is 29.8 Å². The maximum absolute atomic E-state index is 12.9. The van der Waals surface area contributed by atoms with Crippen molar-refractivity contribution < 1.29 is 4.79 Å². The molecule has 0 N–H and O–H groups in total. The number of pyridine rings is 1. The minimum absolute atomic E-state index is 0.224. The van der Waals surface area contributed by atoms with Crippen LogP contribution >= 0.6 is 11.6 Å². The third-order valence-corrected chi connectivity index (χ3v) is 5.70. The number of hydrogen-bond donors (Lipinski definition) is 0. The number of nitrogens with zero attached hydrogens (tertiary/aromatic N) is 3. The van der Waals surface area contributed by atoms with Crippen LogP contribution in [-0.2, 0) is 17.8 Å². The fourth-order valence-corrected chi connectivity index (χ4v) is 4.47. The predicted octanol–water partition coefficient (Wildman–Crippen LogP) is 3.40. The standard InChI is InChI=1S/C21H24ClN3O/c22-18-5-3-4-16(10-18)11-21(26)25-13-17-7-8-20(25)15-24(12-17)14-19-6-1-2-9-23-19/h1-6,9-10,17,20H,7-8,11-15H2/t17-,20+/m0/s1. The van der Waals surface area contributed by atoms with Gasteiger partial charge >= 0.3 is 0 Å². The first kappa shape index (κ1) is 17.5. The Morgan fingerprint density at radius 3 is 2.85 bits per heavy atom. The van der Waals surface area contributed by atoms with Crippen molar-refractivity contribution in [1.29, 1.82) is 0 Å². The highest BCUT2D eigenvalue weighted by Gasteiger charge is 2.36. The van der Waals surface area contributed by atoms with Crippen molar-refractivity contribution in [2.45, 2.75) is 31.8 Å².